The van der Waals surface area contributed by atoms with Crippen molar-refractivity contribution in [3.63, 3.8) is 0 Å². The summed E-state index contributed by atoms with van der Waals surface area (Å²) in [6.45, 7) is -1.86. The molecule has 0 aliphatic carbocycles. The fraction of sp³-hybridized carbons (Fsp3) is 0.964. The van der Waals surface area contributed by atoms with Crippen LogP contribution in [-0.2, 0) is 38.0 Å². The van der Waals surface area contributed by atoms with Gasteiger partial charge in [-0.1, -0.05) is 25.7 Å². The molecular weight excluding hydrogens is 624 g/mol. The summed E-state index contributed by atoms with van der Waals surface area (Å²) in [7, 11) is 1.34. The van der Waals surface area contributed by atoms with Gasteiger partial charge in [-0.2, -0.15) is 0 Å². The maximum absolute atomic E-state index is 11.2. The van der Waals surface area contributed by atoms with E-state index in [4.69, 9.17) is 28.4 Å². The highest BCUT2D eigenvalue weighted by atomic mass is 16.7. The van der Waals surface area contributed by atoms with Gasteiger partial charge in [0, 0.05) is 13.0 Å². The van der Waals surface area contributed by atoms with Crippen molar-refractivity contribution in [1.29, 1.82) is 0 Å². The number of aliphatic hydroxyl groups excluding tert-OH is 10. The van der Waals surface area contributed by atoms with Crippen molar-refractivity contribution < 1.29 is 89.0 Å². The summed E-state index contributed by atoms with van der Waals surface area (Å²) < 4.78 is 38.0. The van der Waals surface area contributed by atoms with Crippen LogP contribution in [0.5, 0.6) is 0 Å². The highest BCUT2D eigenvalue weighted by Gasteiger charge is 2.52. The zero-order valence-corrected chi connectivity index (χ0v) is 25.7. The molecule has 18 heteroatoms. The minimum absolute atomic E-state index is 0.118. The van der Waals surface area contributed by atoms with Crippen molar-refractivity contribution in [2.24, 2.45) is 0 Å². The van der Waals surface area contributed by atoms with E-state index in [2.05, 4.69) is 4.74 Å². The molecule has 0 unspecified atom stereocenters. The molecule has 3 heterocycles. The Balaban J connectivity index is 1.62. The third-order valence-electron chi connectivity index (χ3n) is 8.34. The van der Waals surface area contributed by atoms with E-state index in [9.17, 15) is 55.9 Å². The summed E-state index contributed by atoms with van der Waals surface area (Å²) in [6.07, 6.45) is -19.0. The second-order valence-electron chi connectivity index (χ2n) is 11.7. The SMILES string of the molecule is COC(=O)CCCCCCCCO[C@H]1O[C@H](CO[C@H]2O[C@H](CO)[C@@H](O)[C@H](O)[C@@H]2O)[C@@H](O)[C@H](O[C@H]2O[C@H](CO)[C@@H](O)[C@H](O)[C@@H]2O)[C@@H]1O. The Bertz CT molecular complexity index is 879. The van der Waals surface area contributed by atoms with E-state index in [0.29, 0.717) is 12.8 Å². The Morgan fingerprint density at radius 3 is 1.65 bits per heavy atom. The normalized spacial score (nSPS) is 41.8. The Morgan fingerprint density at radius 2 is 1.07 bits per heavy atom. The van der Waals surface area contributed by atoms with Gasteiger partial charge < -0.3 is 84.2 Å². The van der Waals surface area contributed by atoms with Crippen LogP contribution in [0.1, 0.15) is 44.9 Å². The molecule has 0 radical (unpaired) electrons. The molecule has 3 fully saturated rings. The molecule has 10 N–H and O–H groups in total. The summed E-state index contributed by atoms with van der Waals surface area (Å²) in [4.78, 5) is 11.2. The maximum atomic E-state index is 11.2. The molecule has 3 aliphatic rings. The minimum atomic E-state index is -1.84. The lowest BCUT2D eigenvalue weighted by Crippen LogP contribution is -2.65. The molecule has 3 rings (SSSR count). The number of esters is 1. The Morgan fingerprint density at radius 1 is 0.565 bits per heavy atom. The highest BCUT2D eigenvalue weighted by Crippen LogP contribution is 2.31. The lowest BCUT2D eigenvalue weighted by Gasteiger charge is -2.46. The molecule has 0 bridgehead atoms. The number of unbranched alkanes of at least 4 members (excludes halogenated alkanes) is 5. The summed E-state index contributed by atoms with van der Waals surface area (Å²) in [6, 6.07) is 0. The number of carbonyl (C=O) groups excluding carboxylic acids is 1. The summed E-state index contributed by atoms with van der Waals surface area (Å²) in [5, 5.41) is 102. The van der Waals surface area contributed by atoms with Gasteiger partial charge in [-0.05, 0) is 12.8 Å². The van der Waals surface area contributed by atoms with Gasteiger partial charge >= 0.3 is 5.97 Å². The van der Waals surface area contributed by atoms with Crippen LogP contribution in [0, 0.1) is 0 Å². The number of methoxy groups -OCH3 is 1. The Kier molecular flexibility index (Phi) is 16.3. The second-order valence-corrected chi connectivity index (χ2v) is 11.7. The molecule has 0 aromatic rings. The number of aliphatic hydroxyl groups is 10. The van der Waals surface area contributed by atoms with Crippen molar-refractivity contribution >= 4 is 5.97 Å². The number of carbonyl (C=O) groups is 1. The quantitative estimate of drug-likeness (QED) is 0.0513. The zero-order chi connectivity index (χ0) is 34.0. The smallest absolute Gasteiger partial charge is 0.305 e. The lowest BCUT2D eigenvalue weighted by molar-refractivity contribution is -0.366. The minimum Gasteiger partial charge on any atom is -0.469 e. The average Bonchev–Trinajstić information content (AvgIpc) is 3.05. The number of rotatable bonds is 17. The fourth-order valence-corrected chi connectivity index (χ4v) is 5.45. The van der Waals surface area contributed by atoms with Crippen molar-refractivity contribution in [2.75, 3.05) is 33.5 Å². The van der Waals surface area contributed by atoms with Crippen LogP contribution >= 0.6 is 0 Å². The molecule has 0 saturated carbocycles. The summed E-state index contributed by atoms with van der Waals surface area (Å²) in [5.41, 5.74) is 0. The standard InChI is InChI=1S/C28H50O18/c1-40-16(31)8-6-4-2-3-5-7-9-41-27-24(39)25(46-28-23(38)21(36)18(33)14(11-30)44-28)19(34)15(45-27)12-42-26-22(37)20(35)17(32)13(10-29)43-26/h13-15,17-30,32-39H,2-12H2,1H3/t13-,14-,15-,17-,18-,19-,20+,21+,22+,23+,24+,25+,26+,27+,28-/m1/s1. The molecule has 46 heavy (non-hydrogen) atoms. The van der Waals surface area contributed by atoms with Gasteiger partial charge in [-0.15, -0.1) is 0 Å². The molecule has 3 saturated heterocycles. The number of hydrogen-bond acceptors (Lipinski definition) is 18. The topological polar surface area (TPSA) is 284 Å². The van der Waals surface area contributed by atoms with Crippen molar-refractivity contribution in [3.05, 3.63) is 0 Å². The van der Waals surface area contributed by atoms with Gasteiger partial charge in [0.2, 0.25) is 0 Å². The van der Waals surface area contributed by atoms with Crippen molar-refractivity contribution in [2.45, 2.75) is 137 Å². The largest absolute Gasteiger partial charge is 0.469 e. The Hall–Kier alpha value is -1.17. The number of ether oxygens (including phenoxy) is 7. The molecule has 270 valence electrons. The van der Waals surface area contributed by atoms with Crippen LogP contribution < -0.4 is 0 Å². The Labute approximate surface area is 265 Å². The summed E-state index contributed by atoms with van der Waals surface area (Å²) in [5.74, 6) is -0.254. The monoisotopic (exact) mass is 674 g/mol. The van der Waals surface area contributed by atoms with Crippen molar-refractivity contribution in [3.8, 4) is 0 Å². The lowest BCUT2D eigenvalue weighted by atomic mass is 9.96. The van der Waals surface area contributed by atoms with Crippen LogP contribution in [0.4, 0.5) is 0 Å². The van der Waals surface area contributed by atoms with Gasteiger partial charge in [-0.3, -0.25) is 4.79 Å². The van der Waals surface area contributed by atoms with Crippen LogP contribution in [0.15, 0.2) is 0 Å². The van der Waals surface area contributed by atoms with Gasteiger partial charge in [0.25, 0.3) is 0 Å². The molecule has 18 nitrogen and oxygen atoms in total. The number of hydrogen-bond donors (Lipinski definition) is 10. The first kappa shape index (κ1) is 39.3. The molecule has 0 aromatic carbocycles. The summed E-state index contributed by atoms with van der Waals surface area (Å²) >= 11 is 0. The van der Waals surface area contributed by atoms with Gasteiger partial charge in [-0.25, -0.2) is 0 Å². The maximum Gasteiger partial charge on any atom is 0.305 e. The van der Waals surface area contributed by atoms with Crippen LogP contribution in [0.2, 0.25) is 0 Å². The third-order valence-corrected chi connectivity index (χ3v) is 8.34. The molecule has 0 amide bonds. The van der Waals surface area contributed by atoms with E-state index in [0.717, 1.165) is 32.1 Å². The van der Waals surface area contributed by atoms with Gasteiger partial charge in [0.1, 0.15) is 73.2 Å². The first-order valence-corrected chi connectivity index (χ1v) is 15.5. The van der Waals surface area contributed by atoms with Gasteiger partial charge in [0.15, 0.2) is 18.9 Å². The van der Waals surface area contributed by atoms with E-state index < -0.39 is 112 Å². The molecule has 0 spiro atoms. The van der Waals surface area contributed by atoms with E-state index in [1.165, 1.54) is 7.11 Å². The van der Waals surface area contributed by atoms with Crippen molar-refractivity contribution in [1.82, 2.24) is 0 Å². The predicted molar refractivity (Wildman–Crippen MR) is 149 cm³/mol. The molecular formula is C28H50O18. The highest BCUT2D eigenvalue weighted by molar-refractivity contribution is 5.68. The third kappa shape index (κ3) is 10.2. The molecule has 15 atom stereocenters. The van der Waals surface area contributed by atoms with E-state index in [1.807, 2.05) is 0 Å². The first-order valence-electron chi connectivity index (χ1n) is 15.5. The predicted octanol–water partition coefficient (Wildman–Crippen LogP) is -4.64. The van der Waals surface area contributed by atoms with E-state index in [-0.39, 0.29) is 12.6 Å². The van der Waals surface area contributed by atoms with Crippen LogP contribution in [-0.4, -0.2) is 183 Å². The average molecular weight is 675 g/mol. The van der Waals surface area contributed by atoms with E-state index in [1.54, 1.807) is 0 Å². The fourth-order valence-electron chi connectivity index (χ4n) is 5.45. The molecule has 3 aliphatic heterocycles. The molecule has 0 aromatic heterocycles. The van der Waals surface area contributed by atoms with E-state index >= 15 is 0 Å². The zero-order valence-electron chi connectivity index (χ0n) is 25.7. The second kappa shape index (κ2) is 19.1. The van der Waals surface area contributed by atoms with Crippen LogP contribution in [0.25, 0.3) is 0 Å². The first-order chi connectivity index (χ1) is 21.9. The van der Waals surface area contributed by atoms with Crippen LogP contribution in [0.3, 0.4) is 0 Å². The van der Waals surface area contributed by atoms with Gasteiger partial charge in [0.05, 0.1) is 26.9 Å².